The molecule has 4 aromatic rings. The first-order valence-electron chi connectivity index (χ1n) is 13.0. The molecule has 2 atom stereocenters. The topological polar surface area (TPSA) is 85.2 Å². The summed E-state index contributed by atoms with van der Waals surface area (Å²) < 4.78 is 22.1. The maximum atomic E-state index is 13.9. The number of halogens is 2. The SMILES string of the molecule is Cc1ccc(C(=O)NC2CC2n2cc(Br)nc(NC(C)(C)c3ccccc3OCc3ccccc3)c2=O)cc1F. The van der Waals surface area contributed by atoms with Crippen LogP contribution in [0.1, 0.15) is 53.4 Å². The quantitative estimate of drug-likeness (QED) is 0.240. The normalized spacial score (nSPS) is 16.3. The highest BCUT2D eigenvalue weighted by Gasteiger charge is 2.41. The number of amides is 1. The molecule has 3 aromatic carbocycles. The molecule has 1 heterocycles. The molecule has 40 heavy (non-hydrogen) atoms. The summed E-state index contributed by atoms with van der Waals surface area (Å²) in [6.07, 6.45) is 2.20. The van der Waals surface area contributed by atoms with E-state index < -0.39 is 11.4 Å². The number of anilines is 1. The third-order valence-corrected chi connectivity index (χ3v) is 7.38. The number of benzene rings is 3. The maximum Gasteiger partial charge on any atom is 0.293 e. The van der Waals surface area contributed by atoms with Gasteiger partial charge >= 0.3 is 0 Å². The first kappa shape index (κ1) is 27.6. The van der Waals surface area contributed by atoms with Crippen molar-refractivity contribution < 1.29 is 13.9 Å². The second kappa shape index (κ2) is 11.3. The zero-order valence-electron chi connectivity index (χ0n) is 22.4. The number of aromatic nitrogens is 2. The summed E-state index contributed by atoms with van der Waals surface area (Å²) in [5.74, 6) is 0.0744. The van der Waals surface area contributed by atoms with Crippen LogP contribution in [0.15, 0.2) is 88.4 Å². The number of hydrogen-bond acceptors (Lipinski definition) is 5. The van der Waals surface area contributed by atoms with Crippen LogP contribution in [0.5, 0.6) is 5.75 Å². The van der Waals surface area contributed by atoms with Crippen LogP contribution < -0.4 is 20.9 Å². The summed E-state index contributed by atoms with van der Waals surface area (Å²) in [7, 11) is 0. The highest BCUT2D eigenvalue weighted by molar-refractivity contribution is 9.10. The van der Waals surface area contributed by atoms with E-state index in [-0.39, 0.29) is 34.9 Å². The number of nitrogens with zero attached hydrogens (tertiary/aromatic N) is 2. The van der Waals surface area contributed by atoms with Gasteiger partial charge < -0.3 is 19.9 Å². The minimum atomic E-state index is -0.704. The van der Waals surface area contributed by atoms with E-state index in [9.17, 15) is 14.0 Å². The van der Waals surface area contributed by atoms with Crippen molar-refractivity contribution in [2.24, 2.45) is 0 Å². The second-order valence-electron chi connectivity index (χ2n) is 10.5. The van der Waals surface area contributed by atoms with Crippen LogP contribution in [0, 0.1) is 12.7 Å². The lowest BCUT2D eigenvalue weighted by molar-refractivity contribution is 0.0948. The van der Waals surface area contributed by atoms with Crippen molar-refractivity contribution in [2.45, 2.75) is 51.4 Å². The van der Waals surface area contributed by atoms with Gasteiger partial charge in [0.15, 0.2) is 5.82 Å². The summed E-state index contributed by atoms with van der Waals surface area (Å²) in [5.41, 5.74) is 1.64. The van der Waals surface area contributed by atoms with Gasteiger partial charge in [0.05, 0.1) is 17.6 Å². The minimum absolute atomic E-state index is 0.176. The van der Waals surface area contributed by atoms with Crippen LogP contribution in [-0.2, 0) is 12.1 Å². The zero-order chi connectivity index (χ0) is 28.4. The van der Waals surface area contributed by atoms with E-state index in [1.54, 1.807) is 29.8 Å². The molecule has 1 saturated carbocycles. The van der Waals surface area contributed by atoms with Crippen molar-refractivity contribution in [3.63, 3.8) is 0 Å². The molecule has 1 amide bonds. The molecule has 1 aliphatic rings. The molecule has 1 aliphatic carbocycles. The lowest BCUT2D eigenvalue weighted by Crippen LogP contribution is -2.35. The molecule has 5 rings (SSSR count). The van der Waals surface area contributed by atoms with E-state index in [1.165, 1.54) is 6.07 Å². The van der Waals surface area contributed by atoms with Crippen molar-refractivity contribution in [3.8, 4) is 5.75 Å². The summed E-state index contributed by atoms with van der Waals surface area (Å²) in [4.78, 5) is 30.6. The molecular weight excluding hydrogens is 575 g/mol. The Balaban J connectivity index is 1.32. The van der Waals surface area contributed by atoms with E-state index in [0.717, 1.165) is 11.1 Å². The van der Waals surface area contributed by atoms with Crippen molar-refractivity contribution in [1.29, 1.82) is 0 Å². The third-order valence-electron chi connectivity index (χ3n) is 6.99. The molecule has 0 radical (unpaired) electrons. The third kappa shape index (κ3) is 6.09. The van der Waals surface area contributed by atoms with Gasteiger partial charge in [0.25, 0.3) is 11.5 Å². The Kier molecular flexibility index (Phi) is 7.76. The molecule has 9 heteroatoms. The van der Waals surface area contributed by atoms with Crippen molar-refractivity contribution >= 4 is 27.7 Å². The van der Waals surface area contributed by atoms with Crippen molar-refractivity contribution in [3.05, 3.63) is 122 Å². The van der Waals surface area contributed by atoms with Gasteiger partial charge in [-0.3, -0.25) is 9.59 Å². The standard InChI is InChI=1S/C31H30BrFN4O3/c1-19-13-14-21(15-23(19)33)29(38)34-24-16-25(24)37-17-27(32)35-28(30(37)39)36-31(2,3)22-11-7-8-12-26(22)40-18-20-9-5-4-6-10-20/h4-15,17,24-25H,16,18H2,1-3H3,(H,34,38)(H,35,36). The lowest BCUT2D eigenvalue weighted by Gasteiger charge is -2.29. The number of para-hydroxylation sites is 1. The summed E-state index contributed by atoms with van der Waals surface area (Å²) in [6, 6.07) is 21.5. The molecule has 0 saturated heterocycles. The number of nitrogens with one attached hydrogen (secondary N) is 2. The summed E-state index contributed by atoms with van der Waals surface area (Å²) in [5, 5.41) is 6.22. The van der Waals surface area contributed by atoms with E-state index in [4.69, 9.17) is 4.74 Å². The molecule has 2 unspecified atom stereocenters. The highest BCUT2D eigenvalue weighted by Crippen LogP contribution is 2.36. The first-order valence-corrected chi connectivity index (χ1v) is 13.8. The average molecular weight is 606 g/mol. The molecule has 206 valence electrons. The Morgan fingerprint density at radius 1 is 1.12 bits per heavy atom. The van der Waals surface area contributed by atoms with Gasteiger partial charge in [-0.2, -0.15) is 0 Å². The Morgan fingerprint density at radius 2 is 1.85 bits per heavy atom. The van der Waals surface area contributed by atoms with Crippen LogP contribution >= 0.6 is 15.9 Å². The predicted octanol–water partition coefficient (Wildman–Crippen LogP) is 6.12. The molecule has 0 bridgehead atoms. The molecule has 0 aliphatic heterocycles. The van der Waals surface area contributed by atoms with Crippen LogP contribution in [0.4, 0.5) is 10.2 Å². The Hall–Kier alpha value is -3.98. The van der Waals surface area contributed by atoms with Gasteiger partial charge in [-0.15, -0.1) is 0 Å². The second-order valence-corrected chi connectivity index (χ2v) is 11.3. The number of hydrogen-bond donors (Lipinski definition) is 2. The van der Waals surface area contributed by atoms with Crippen LogP contribution in [0.2, 0.25) is 0 Å². The predicted molar refractivity (Wildman–Crippen MR) is 156 cm³/mol. The minimum Gasteiger partial charge on any atom is -0.489 e. The summed E-state index contributed by atoms with van der Waals surface area (Å²) >= 11 is 3.43. The summed E-state index contributed by atoms with van der Waals surface area (Å²) in [6.45, 7) is 5.99. The Labute approximate surface area is 240 Å². The first-order chi connectivity index (χ1) is 19.1. The molecule has 2 N–H and O–H groups in total. The van der Waals surface area contributed by atoms with E-state index in [2.05, 4.69) is 31.5 Å². The number of aryl methyl sites for hydroxylation is 1. The van der Waals surface area contributed by atoms with Crippen LogP contribution in [-0.4, -0.2) is 21.5 Å². The fourth-order valence-corrected chi connectivity index (χ4v) is 5.04. The number of rotatable bonds is 9. The fourth-order valence-electron chi connectivity index (χ4n) is 4.64. The zero-order valence-corrected chi connectivity index (χ0v) is 24.0. The van der Waals surface area contributed by atoms with Crippen LogP contribution in [0.25, 0.3) is 0 Å². The largest absolute Gasteiger partial charge is 0.489 e. The Bertz CT molecular complexity index is 1610. The molecule has 1 fully saturated rings. The lowest BCUT2D eigenvalue weighted by atomic mass is 9.93. The fraction of sp³-hybridized carbons (Fsp3) is 0.258. The molecule has 1 aromatic heterocycles. The van der Waals surface area contributed by atoms with Crippen LogP contribution in [0.3, 0.4) is 0 Å². The molecular formula is C31H30BrFN4O3. The van der Waals surface area contributed by atoms with Gasteiger partial charge in [-0.1, -0.05) is 54.6 Å². The van der Waals surface area contributed by atoms with Gasteiger partial charge in [-0.25, -0.2) is 9.37 Å². The number of ether oxygens (including phenoxy) is 1. The van der Waals surface area contributed by atoms with Crippen molar-refractivity contribution in [1.82, 2.24) is 14.9 Å². The van der Waals surface area contributed by atoms with Gasteiger partial charge in [0, 0.05) is 17.3 Å². The van der Waals surface area contributed by atoms with Crippen molar-refractivity contribution in [2.75, 3.05) is 5.32 Å². The smallest absolute Gasteiger partial charge is 0.293 e. The van der Waals surface area contributed by atoms with Gasteiger partial charge in [0.1, 0.15) is 22.8 Å². The van der Waals surface area contributed by atoms with E-state index >= 15 is 0 Å². The highest BCUT2D eigenvalue weighted by atomic mass is 79.9. The maximum absolute atomic E-state index is 13.9. The average Bonchev–Trinajstić information content (AvgIpc) is 3.70. The van der Waals surface area contributed by atoms with Gasteiger partial charge in [0.2, 0.25) is 0 Å². The monoisotopic (exact) mass is 604 g/mol. The van der Waals surface area contributed by atoms with Gasteiger partial charge in [-0.05, 0) is 72.4 Å². The Morgan fingerprint density at radius 3 is 2.60 bits per heavy atom. The van der Waals surface area contributed by atoms with E-state index in [1.807, 2.05) is 68.4 Å². The number of carbonyl (C=O) groups excluding carboxylic acids is 1. The molecule has 7 nitrogen and oxygen atoms in total. The number of carbonyl (C=O) groups is 1. The molecule has 0 spiro atoms. The van der Waals surface area contributed by atoms with E-state index in [0.29, 0.717) is 28.9 Å².